The third kappa shape index (κ3) is 8.78. The summed E-state index contributed by atoms with van der Waals surface area (Å²) in [6.45, 7) is 13.1. The second kappa shape index (κ2) is 15.6. The minimum Gasteiger partial charge on any atom is -0.492 e. The van der Waals surface area contributed by atoms with E-state index in [0.29, 0.717) is 5.02 Å². The number of rotatable bonds is 16. The Morgan fingerprint density at radius 3 is 2.41 bits per heavy atom. The number of morpholine rings is 1. The first-order valence-electron chi connectivity index (χ1n) is 16.6. The van der Waals surface area contributed by atoms with Gasteiger partial charge in [0.05, 0.1) is 23.8 Å². The minimum absolute atomic E-state index is 0.0427. The zero-order chi connectivity index (χ0) is 30.9. The smallest absolute Gasteiger partial charge is 0.249 e. The van der Waals surface area contributed by atoms with Crippen LogP contribution in [-0.4, -0.2) is 79.9 Å². The largest absolute Gasteiger partial charge is 0.492 e. The second-order valence-corrected chi connectivity index (χ2v) is 13.7. The monoisotopic (exact) mass is 622 g/mol. The van der Waals surface area contributed by atoms with Crippen molar-refractivity contribution in [1.29, 1.82) is 0 Å². The summed E-state index contributed by atoms with van der Waals surface area (Å²) in [4.78, 5) is 22.2. The van der Waals surface area contributed by atoms with Crippen molar-refractivity contribution < 1.29 is 9.47 Å². The van der Waals surface area contributed by atoms with E-state index in [4.69, 9.17) is 21.1 Å². The van der Waals surface area contributed by atoms with Crippen LogP contribution >= 0.6 is 11.6 Å². The fourth-order valence-electron chi connectivity index (χ4n) is 6.81. The number of ether oxygens (including phenoxy) is 2. The van der Waals surface area contributed by atoms with Crippen LogP contribution in [-0.2, 0) is 17.7 Å². The lowest BCUT2D eigenvalue weighted by Crippen LogP contribution is -2.41. The summed E-state index contributed by atoms with van der Waals surface area (Å²) in [5.41, 5.74) is 4.60. The normalized spacial score (nSPS) is 16.6. The number of aromatic amines is 1. The Morgan fingerprint density at radius 1 is 0.955 bits per heavy atom. The molecule has 1 N–H and O–H groups in total. The number of hydrogen-bond donors (Lipinski definition) is 1. The van der Waals surface area contributed by atoms with E-state index in [0.717, 1.165) is 82.2 Å². The summed E-state index contributed by atoms with van der Waals surface area (Å²) in [5.74, 6) is 0.954. The molecule has 8 heteroatoms. The highest BCUT2D eigenvalue weighted by Crippen LogP contribution is 2.43. The number of H-pyrrole nitrogens is 1. The van der Waals surface area contributed by atoms with Gasteiger partial charge in [0, 0.05) is 55.4 Å². The molecule has 5 rings (SSSR count). The van der Waals surface area contributed by atoms with E-state index in [1.165, 1.54) is 67.8 Å². The zero-order valence-corrected chi connectivity index (χ0v) is 27.8. The van der Waals surface area contributed by atoms with Gasteiger partial charge in [0.15, 0.2) is 0 Å². The molecule has 0 atom stereocenters. The molecular formula is C36H51ClN4O3. The topological polar surface area (TPSA) is 61.0 Å². The number of fused-ring (bicyclic) bond motifs is 3. The molecule has 1 fully saturated rings. The van der Waals surface area contributed by atoms with E-state index in [1.807, 2.05) is 6.07 Å². The van der Waals surface area contributed by atoms with E-state index in [2.05, 4.69) is 70.9 Å². The summed E-state index contributed by atoms with van der Waals surface area (Å²) in [5, 5.41) is 1.56. The van der Waals surface area contributed by atoms with Crippen molar-refractivity contribution in [3.8, 4) is 5.75 Å². The molecule has 240 valence electrons. The van der Waals surface area contributed by atoms with Crippen molar-refractivity contribution in [3.05, 3.63) is 69.0 Å². The molecule has 3 aromatic rings. The Bertz CT molecular complexity index is 1400. The predicted molar refractivity (Wildman–Crippen MR) is 183 cm³/mol. The van der Waals surface area contributed by atoms with Crippen LogP contribution in [0, 0.1) is 0 Å². The Labute approximate surface area is 268 Å². The van der Waals surface area contributed by atoms with Gasteiger partial charge in [-0.3, -0.25) is 9.69 Å². The molecule has 0 unspecified atom stereocenters. The molecule has 0 aliphatic carbocycles. The summed E-state index contributed by atoms with van der Waals surface area (Å²) in [6, 6.07) is 14.3. The van der Waals surface area contributed by atoms with Gasteiger partial charge in [-0.1, -0.05) is 55.8 Å². The maximum Gasteiger partial charge on any atom is 0.249 e. The van der Waals surface area contributed by atoms with Gasteiger partial charge >= 0.3 is 0 Å². The molecule has 0 radical (unpaired) electrons. The van der Waals surface area contributed by atoms with Crippen LogP contribution in [0.5, 0.6) is 5.75 Å². The first-order chi connectivity index (χ1) is 21.3. The quantitative estimate of drug-likeness (QED) is 0.175. The standard InChI is InChI=1S/C36H51ClN4O3/c1-36(2)26-30-33(16-15-32-35(30)31(37)25-34(42)38-32)41(36)18-10-8-6-4-5-7-9-17-39(3)27-28-11-13-29(14-12-28)44-24-21-40-19-22-43-23-20-40/h11-16,25H,4-10,17-24,26-27H2,1-3H3,(H,38,42). The number of nitrogens with zero attached hydrogens (tertiary/aromatic N) is 3. The average Bonchev–Trinajstić information content (AvgIpc) is 3.26. The number of hydrogen-bond acceptors (Lipinski definition) is 6. The van der Waals surface area contributed by atoms with Crippen LogP contribution in [0.4, 0.5) is 5.69 Å². The Morgan fingerprint density at radius 2 is 1.66 bits per heavy atom. The molecule has 2 aliphatic rings. The number of unbranched alkanes of at least 4 members (excludes halogenated alkanes) is 6. The number of anilines is 1. The number of nitrogens with one attached hydrogen (secondary N) is 1. The Hall–Kier alpha value is -2.58. The molecule has 2 aliphatic heterocycles. The van der Waals surface area contributed by atoms with Crippen LogP contribution in [0.1, 0.15) is 69.9 Å². The maximum absolute atomic E-state index is 11.9. The lowest BCUT2D eigenvalue weighted by Gasteiger charge is -2.34. The van der Waals surface area contributed by atoms with Crippen LogP contribution in [0.3, 0.4) is 0 Å². The van der Waals surface area contributed by atoms with Gasteiger partial charge in [-0.2, -0.15) is 0 Å². The third-order valence-electron chi connectivity index (χ3n) is 9.25. The van der Waals surface area contributed by atoms with Crippen LogP contribution in [0.2, 0.25) is 5.02 Å². The number of halogens is 1. The van der Waals surface area contributed by atoms with E-state index in [9.17, 15) is 4.79 Å². The lowest BCUT2D eigenvalue weighted by molar-refractivity contribution is 0.0322. The molecule has 0 spiro atoms. The van der Waals surface area contributed by atoms with Gasteiger partial charge < -0.3 is 24.3 Å². The van der Waals surface area contributed by atoms with Gasteiger partial charge in [-0.25, -0.2) is 0 Å². The van der Waals surface area contributed by atoms with Crippen LogP contribution < -0.4 is 15.2 Å². The van der Waals surface area contributed by atoms with Gasteiger partial charge in [0.25, 0.3) is 0 Å². The van der Waals surface area contributed by atoms with Crippen molar-refractivity contribution in [1.82, 2.24) is 14.8 Å². The molecular weight excluding hydrogens is 572 g/mol. The van der Waals surface area contributed by atoms with E-state index >= 15 is 0 Å². The number of pyridine rings is 1. The average molecular weight is 623 g/mol. The second-order valence-electron chi connectivity index (χ2n) is 13.3. The first-order valence-corrected chi connectivity index (χ1v) is 17.0. The highest BCUT2D eigenvalue weighted by Gasteiger charge is 2.37. The molecule has 1 aromatic heterocycles. The SMILES string of the molecule is CN(CCCCCCCCCN1c2ccc3[nH]c(=O)cc(Cl)c3c2CC1(C)C)Cc1ccc(OCCN2CCOCC2)cc1. The van der Waals surface area contributed by atoms with Crippen molar-refractivity contribution in [3.63, 3.8) is 0 Å². The first kappa shape index (κ1) is 32.8. The van der Waals surface area contributed by atoms with Crippen molar-refractivity contribution in [2.24, 2.45) is 0 Å². The molecule has 0 amide bonds. The zero-order valence-electron chi connectivity index (χ0n) is 27.0. The van der Waals surface area contributed by atoms with Crippen molar-refractivity contribution in [2.75, 3.05) is 64.5 Å². The van der Waals surface area contributed by atoms with Crippen molar-refractivity contribution >= 4 is 28.2 Å². The van der Waals surface area contributed by atoms with Gasteiger partial charge in [-0.05, 0) is 82.1 Å². The molecule has 2 aromatic carbocycles. The van der Waals surface area contributed by atoms with Crippen LogP contribution in [0.15, 0.2) is 47.3 Å². The van der Waals surface area contributed by atoms with E-state index in [1.54, 1.807) is 0 Å². The fourth-order valence-corrected chi connectivity index (χ4v) is 7.13. The summed E-state index contributed by atoms with van der Waals surface area (Å²) in [6.07, 6.45) is 9.85. The summed E-state index contributed by atoms with van der Waals surface area (Å²) < 4.78 is 11.4. The Balaban J connectivity index is 0.932. The Kier molecular flexibility index (Phi) is 11.6. The molecule has 0 saturated carbocycles. The number of aromatic nitrogens is 1. The molecule has 0 bridgehead atoms. The van der Waals surface area contributed by atoms with Crippen LogP contribution in [0.25, 0.3) is 10.9 Å². The molecule has 44 heavy (non-hydrogen) atoms. The fraction of sp³-hybridized carbons (Fsp3) is 0.583. The highest BCUT2D eigenvalue weighted by atomic mass is 35.5. The van der Waals surface area contributed by atoms with Crippen molar-refractivity contribution in [2.45, 2.75) is 77.3 Å². The van der Waals surface area contributed by atoms with Gasteiger partial charge in [0.1, 0.15) is 12.4 Å². The third-order valence-corrected chi connectivity index (χ3v) is 9.55. The predicted octanol–water partition coefficient (Wildman–Crippen LogP) is 6.90. The highest BCUT2D eigenvalue weighted by molar-refractivity contribution is 6.35. The summed E-state index contributed by atoms with van der Waals surface area (Å²) in [7, 11) is 2.22. The van der Waals surface area contributed by atoms with E-state index < -0.39 is 0 Å². The minimum atomic E-state index is -0.147. The molecule has 3 heterocycles. The summed E-state index contributed by atoms with van der Waals surface area (Å²) >= 11 is 6.53. The van der Waals surface area contributed by atoms with Gasteiger partial charge in [-0.15, -0.1) is 0 Å². The van der Waals surface area contributed by atoms with Gasteiger partial charge in [0.2, 0.25) is 5.56 Å². The molecule has 1 saturated heterocycles. The maximum atomic E-state index is 11.9. The van der Waals surface area contributed by atoms with E-state index in [-0.39, 0.29) is 11.1 Å². The number of benzene rings is 2. The lowest BCUT2D eigenvalue weighted by atomic mass is 9.97. The molecule has 7 nitrogen and oxygen atoms in total.